The number of aromatic nitrogens is 4. The zero-order chi connectivity index (χ0) is 18.5. The third-order valence-electron chi connectivity index (χ3n) is 5.12. The van der Waals surface area contributed by atoms with Crippen LogP contribution in [0.15, 0.2) is 79.3 Å². The monoisotopic (exact) mass is 357 g/mol. The highest BCUT2D eigenvalue weighted by Crippen LogP contribution is 2.32. The number of fused-ring (bicyclic) bond motifs is 6. The Balaban J connectivity index is 1.68. The highest BCUT2D eigenvalue weighted by molar-refractivity contribution is 6.09. The van der Waals surface area contributed by atoms with E-state index in [1.807, 2.05) is 48.7 Å². The molecule has 4 nitrogen and oxygen atoms in total. The highest BCUT2D eigenvalue weighted by Gasteiger charge is 2.11. The number of nitrogens with zero attached hydrogens (tertiary/aromatic N) is 4. The molecule has 4 heteroatoms. The summed E-state index contributed by atoms with van der Waals surface area (Å²) in [6.07, 6.45) is 5.43. The fraction of sp³-hybridized carbons (Fsp3) is 0. The van der Waals surface area contributed by atoms with Gasteiger partial charge < -0.3 is 0 Å². The molecule has 0 saturated carbocycles. The van der Waals surface area contributed by atoms with Crippen molar-refractivity contribution >= 4 is 43.6 Å². The van der Waals surface area contributed by atoms with Gasteiger partial charge in [-0.1, -0.05) is 6.07 Å². The van der Waals surface area contributed by atoms with Gasteiger partial charge in [-0.3, -0.25) is 15.0 Å². The predicted octanol–water partition coefficient (Wildman–Crippen LogP) is 5.35. The summed E-state index contributed by atoms with van der Waals surface area (Å²) in [5.41, 5.74) is 5.56. The molecular formula is C24H13N4. The van der Waals surface area contributed by atoms with Crippen molar-refractivity contribution in [3.8, 4) is 11.3 Å². The summed E-state index contributed by atoms with van der Waals surface area (Å²) in [6.45, 7) is 0. The maximum absolute atomic E-state index is 4.96. The summed E-state index contributed by atoms with van der Waals surface area (Å²) in [5, 5.41) is 4.18. The Bertz CT molecular complexity index is 1520. The molecule has 0 fully saturated rings. The molecule has 0 spiro atoms. The molecule has 28 heavy (non-hydrogen) atoms. The normalized spacial score (nSPS) is 11.6. The van der Waals surface area contributed by atoms with Gasteiger partial charge in [-0.25, -0.2) is 4.98 Å². The van der Waals surface area contributed by atoms with E-state index in [4.69, 9.17) is 4.98 Å². The van der Waals surface area contributed by atoms with E-state index in [1.54, 1.807) is 12.4 Å². The highest BCUT2D eigenvalue weighted by atomic mass is 14.7. The zero-order valence-electron chi connectivity index (χ0n) is 14.8. The first-order valence-electron chi connectivity index (χ1n) is 9.07. The Hall–Kier alpha value is -3.92. The van der Waals surface area contributed by atoms with Crippen LogP contribution in [0.1, 0.15) is 0 Å². The van der Waals surface area contributed by atoms with E-state index in [9.17, 15) is 0 Å². The Kier molecular flexibility index (Phi) is 3.14. The first kappa shape index (κ1) is 15.2. The molecule has 129 valence electrons. The standard InChI is InChI=1S/C24H13N4/c1-3-18-20(25-12-1)8-5-15-6-9-22(28-23(15)18)16-11-14-27-24-17(16)7-10-21-19(24)4-2-13-26-21/h1-8,10-14H. The van der Waals surface area contributed by atoms with Gasteiger partial charge in [0.15, 0.2) is 0 Å². The van der Waals surface area contributed by atoms with Crippen molar-refractivity contribution in [3.05, 3.63) is 85.3 Å². The van der Waals surface area contributed by atoms with Gasteiger partial charge >= 0.3 is 0 Å². The number of pyridine rings is 4. The number of benzene rings is 2. The Morgan fingerprint density at radius 2 is 1.36 bits per heavy atom. The van der Waals surface area contributed by atoms with Gasteiger partial charge in [-0.05, 0) is 54.6 Å². The van der Waals surface area contributed by atoms with Crippen molar-refractivity contribution < 1.29 is 0 Å². The summed E-state index contributed by atoms with van der Waals surface area (Å²) in [5.74, 6) is 0. The summed E-state index contributed by atoms with van der Waals surface area (Å²) in [6, 6.07) is 23.5. The van der Waals surface area contributed by atoms with Gasteiger partial charge in [0.25, 0.3) is 0 Å². The first-order valence-corrected chi connectivity index (χ1v) is 9.07. The van der Waals surface area contributed by atoms with Crippen LogP contribution in [0, 0.1) is 6.07 Å². The quantitative estimate of drug-likeness (QED) is 0.372. The van der Waals surface area contributed by atoms with Gasteiger partial charge in [0.05, 0.1) is 27.8 Å². The average Bonchev–Trinajstić information content (AvgIpc) is 2.78. The summed E-state index contributed by atoms with van der Waals surface area (Å²) < 4.78 is 0. The molecule has 4 aromatic heterocycles. The van der Waals surface area contributed by atoms with Crippen LogP contribution in [0.5, 0.6) is 0 Å². The summed E-state index contributed by atoms with van der Waals surface area (Å²) >= 11 is 0. The first-order chi connectivity index (χ1) is 13.9. The van der Waals surface area contributed by atoms with Crippen LogP contribution in [0.25, 0.3) is 54.9 Å². The van der Waals surface area contributed by atoms with E-state index >= 15 is 0 Å². The maximum atomic E-state index is 4.96. The summed E-state index contributed by atoms with van der Waals surface area (Å²) in [7, 11) is 0. The second-order valence-electron chi connectivity index (χ2n) is 6.71. The lowest BCUT2D eigenvalue weighted by molar-refractivity contribution is 1.36. The van der Waals surface area contributed by atoms with E-state index in [-0.39, 0.29) is 0 Å². The molecule has 6 aromatic rings. The van der Waals surface area contributed by atoms with Crippen molar-refractivity contribution in [1.82, 2.24) is 19.9 Å². The molecule has 0 amide bonds. The van der Waals surface area contributed by atoms with Crippen LogP contribution in [-0.2, 0) is 0 Å². The maximum Gasteiger partial charge on any atom is 0.0804 e. The lowest BCUT2D eigenvalue weighted by Gasteiger charge is -2.09. The van der Waals surface area contributed by atoms with Crippen molar-refractivity contribution in [2.75, 3.05) is 0 Å². The van der Waals surface area contributed by atoms with Gasteiger partial charge in [0.1, 0.15) is 0 Å². The zero-order valence-corrected chi connectivity index (χ0v) is 14.8. The third-order valence-corrected chi connectivity index (χ3v) is 5.12. The lowest BCUT2D eigenvalue weighted by atomic mass is 10.0. The van der Waals surface area contributed by atoms with Crippen LogP contribution in [0.4, 0.5) is 0 Å². The van der Waals surface area contributed by atoms with E-state index in [0.717, 1.165) is 54.9 Å². The molecule has 0 bridgehead atoms. The second kappa shape index (κ2) is 5.79. The molecule has 6 rings (SSSR count). The van der Waals surface area contributed by atoms with Crippen molar-refractivity contribution in [2.45, 2.75) is 0 Å². The Morgan fingerprint density at radius 1 is 0.607 bits per heavy atom. The number of hydrogen-bond acceptors (Lipinski definition) is 4. The van der Waals surface area contributed by atoms with Crippen molar-refractivity contribution in [1.29, 1.82) is 0 Å². The van der Waals surface area contributed by atoms with E-state index in [0.29, 0.717) is 0 Å². The minimum absolute atomic E-state index is 0.805. The Labute approximate surface area is 160 Å². The molecule has 4 heterocycles. The molecule has 0 aliphatic heterocycles. The van der Waals surface area contributed by atoms with Crippen LogP contribution in [-0.4, -0.2) is 19.9 Å². The number of rotatable bonds is 1. The topological polar surface area (TPSA) is 51.6 Å². The SMILES string of the molecule is [c]1cc2ccc3ncccc3c2nc1-c1ccnc2c1ccc1ncccc12. The van der Waals surface area contributed by atoms with Crippen LogP contribution < -0.4 is 0 Å². The molecule has 0 aliphatic carbocycles. The minimum atomic E-state index is 0.805. The predicted molar refractivity (Wildman–Crippen MR) is 112 cm³/mol. The van der Waals surface area contributed by atoms with Gasteiger partial charge in [-0.2, -0.15) is 0 Å². The fourth-order valence-corrected chi connectivity index (χ4v) is 3.80. The van der Waals surface area contributed by atoms with Crippen LogP contribution in [0.2, 0.25) is 0 Å². The van der Waals surface area contributed by atoms with E-state index in [1.165, 1.54) is 0 Å². The van der Waals surface area contributed by atoms with Crippen LogP contribution in [0.3, 0.4) is 0 Å². The number of hydrogen-bond donors (Lipinski definition) is 0. The van der Waals surface area contributed by atoms with E-state index in [2.05, 4.69) is 39.2 Å². The van der Waals surface area contributed by atoms with Crippen molar-refractivity contribution in [2.24, 2.45) is 0 Å². The molecule has 0 aliphatic rings. The van der Waals surface area contributed by atoms with Gasteiger partial charge in [-0.15, -0.1) is 0 Å². The molecule has 0 unspecified atom stereocenters. The minimum Gasteiger partial charge on any atom is -0.256 e. The Morgan fingerprint density at radius 3 is 2.18 bits per heavy atom. The lowest BCUT2D eigenvalue weighted by Crippen LogP contribution is -1.91. The molecule has 0 atom stereocenters. The largest absolute Gasteiger partial charge is 0.256 e. The molecule has 2 aromatic carbocycles. The average molecular weight is 357 g/mol. The van der Waals surface area contributed by atoms with E-state index < -0.39 is 0 Å². The second-order valence-corrected chi connectivity index (χ2v) is 6.71. The molecule has 0 saturated heterocycles. The third kappa shape index (κ3) is 2.18. The molecular weight excluding hydrogens is 344 g/mol. The summed E-state index contributed by atoms with van der Waals surface area (Å²) in [4.78, 5) is 18.5. The van der Waals surface area contributed by atoms with Crippen LogP contribution >= 0.6 is 0 Å². The van der Waals surface area contributed by atoms with Gasteiger partial charge in [0.2, 0.25) is 0 Å². The van der Waals surface area contributed by atoms with Gasteiger partial charge in [0, 0.05) is 51.8 Å². The molecule has 0 N–H and O–H groups in total. The van der Waals surface area contributed by atoms with Crippen molar-refractivity contribution in [3.63, 3.8) is 0 Å². The smallest absolute Gasteiger partial charge is 0.0804 e. The molecule has 1 radical (unpaired) electrons. The fourth-order valence-electron chi connectivity index (χ4n) is 3.80.